The second-order valence-electron chi connectivity index (χ2n) is 3.07. The van der Waals surface area contributed by atoms with E-state index >= 15 is 0 Å². The minimum Gasteiger partial charge on any atom is -0.273 e. The fourth-order valence-electron chi connectivity index (χ4n) is 1.40. The molecular weight excluding hydrogens is 278 g/mol. The number of amides is 2. The van der Waals surface area contributed by atoms with E-state index in [1.165, 1.54) is 16.7 Å². The number of carbonyl (C=O) groups excluding carboxylic acids is 2. The summed E-state index contributed by atoms with van der Waals surface area (Å²) in [5.41, 5.74) is 0.632. The Labute approximate surface area is 100.0 Å². The molecule has 0 aromatic heterocycles. The van der Waals surface area contributed by atoms with Gasteiger partial charge in [-0.3, -0.25) is 9.59 Å². The molecule has 78 valence electrons. The van der Waals surface area contributed by atoms with Crippen molar-refractivity contribution in [2.75, 3.05) is 16.4 Å². The molecule has 15 heavy (non-hydrogen) atoms. The number of hydrogen-bond acceptors (Lipinski definition) is 3. The van der Waals surface area contributed by atoms with E-state index < -0.39 is 0 Å². The second-order valence-corrected chi connectivity index (χ2v) is 4.91. The minimum atomic E-state index is -0.150. The first kappa shape index (κ1) is 10.7. The lowest BCUT2D eigenvalue weighted by molar-refractivity contribution is -0.124. The fraction of sp³-hybridized carbons (Fsp3) is 0.200. The Balaban J connectivity index is 2.40. The zero-order valence-corrected chi connectivity index (χ0v) is 10.2. The van der Waals surface area contributed by atoms with Crippen LogP contribution in [0.5, 0.6) is 0 Å². The van der Waals surface area contributed by atoms with Gasteiger partial charge in [-0.2, -0.15) is 0 Å². The maximum Gasteiger partial charge on any atom is 0.243 e. The molecule has 0 bridgehead atoms. The third-order valence-electron chi connectivity index (χ3n) is 2.04. The largest absolute Gasteiger partial charge is 0.273 e. The van der Waals surface area contributed by atoms with Crippen LogP contribution in [0.1, 0.15) is 0 Å². The Morgan fingerprint density at radius 1 is 1.13 bits per heavy atom. The van der Waals surface area contributed by atoms with Crippen LogP contribution in [0.2, 0.25) is 0 Å². The topological polar surface area (TPSA) is 37.4 Å². The Kier molecular flexibility index (Phi) is 3.11. The van der Waals surface area contributed by atoms with Gasteiger partial charge in [-0.25, -0.2) is 4.90 Å². The number of imide groups is 1. The van der Waals surface area contributed by atoms with Gasteiger partial charge in [0.25, 0.3) is 0 Å². The van der Waals surface area contributed by atoms with Gasteiger partial charge < -0.3 is 0 Å². The summed E-state index contributed by atoms with van der Waals surface area (Å²) >= 11 is 4.69. The maximum absolute atomic E-state index is 11.6. The first-order valence-corrected chi connectivity index (χ1v) is 6.33. The smallest absolute Gasteiger partial charge is 0.243 e. The van der Waals surface area contributed by atoms with Crippen LogP contribution in [0.3, 0.4) is 0 Å². The molecule has 1 aliphatic heterocycles. The van der Waals surface area contributed by atoms with Crippen molar-refractivity contribution in [3.8, 4) is 0 Å². The SMILES string of the molecule is O=C1CSCC(=O)N1c1ccccc1Br. The molecule has 0 spiro atoms. The molecule has 0 saturated carbocycles. The summed E-state index contributed by atoms with van der Waals surface area (Å²) < 4.78 is 0.763. The first-order chi connectivity index (χ1) is 7.20. The van der Waals surface area contributed by atoms with Crippen molar-refractivity contribution in [2.24, 2.45) is 0 Å². The normalized spacial score (nSPS) is 17.0. The van der Waals surface area contributed by atoms with E-state index in [-0.39, 0.29) is 11.8 Å². The third kappa shape index (κ3) is 2.08. The number of rotatable bonds is 1. The zero-order valence-electron chi connectivity index (χ0n) is 7.77. The highest BCUT2D eigenvalue weighted by Crippen LogP contribution is 2.28. The molecule has 0 radical (unpaired) electrons. The predicted molar refractivity (Wildman–Crippen MR) is 64.0 cm³/mol. The molecule has 1 fully saturated rings. The highest BCUT2D eigenvalue weighted by Gasteiger charge is 2.28. The number of halogens is 1. The average molecular weight is 286 g/mol. The molecule has 0 atom stereocenters. The summed E-state index contributed by atoms with van der Waals surface area (Å²) in [6.07, 6.45) is 0. The molecule has 1 aromatic carbocycles. The highest BCUT2D eigenvalue weighted by molar-refractivity contribution is 9.10. The van der Waals surface area contributed by atoms with E-state index in [2.05, 4.69) is 15.9 Å². The van der Waals surface area contributed by atoms with Gasteiger partial charge in [-0.15, -0.1) is 11.8 Å². The summed E-state index contributed by atoms with van der Waals surface area (Å²) in [6, 6.07) is 7.23. The fourth-order valence-corrected chi connectivity index (χ4v) is 2.57. The van der Waals surface area contributed by atoms with Gasteiger partial charge in [-0.05, 0) is 28.1 Å². The second kappa shape index (κ2) is 4.37. The van der Waals surface area contributed by atoms with E-state index in [1.807, 2.05) is 18.2 Å². The van der Waals surface area contributed by atoms with E-state index in [0.717, 1.165) is 4.47 Å². The average Bonchev–Trinajstić information content (AvgIpc) is 2.20. The molecule has 0 aliphatic carbocycles. The lowest BCUT2D eigenvalue weighted by Crippen LogP contribution is -2.43. The van der Waals surface area contributed by atoms with Crippen molar-refractivity contribution >= 4 is 45.2 Å². The Hall–Kier alpha value is -0.810. The Bertz CT molecular complexity index is 406. The lowest BCUT2D eigenvalue weighted by Gasteiger charge is -2.25. The van der Waals surface area contributed by atoms with Crippen LogP contribution in [0.15, 0.2) is 28.7 Å². The highest BCUT2D eigenvalue weighted by atomic mass is 79.9. The van der Waals surface area contributed by atoms with Gasteiger partial charge in [0, 0.05) is 4.47 Å². The molecule has 1 heterocycles. The van der Waals surface area contributed by atoms with Gasteiger partial charge in [0.15, 0.2) is 0 Å². The van der Waals surface area contributed by atoms with Crippen molar-refractivity contribution in [1.29, 1.82) is 0 Å². The van der Waals surface area contributed by atoms with Crippen LogP contribution < -0.4 is 4.90 Å². The van der Waals surface area contributed by atoms with Gasteiger partial charge in [0.05, 0.1) is 17.2 Å². The molecule has 5 heteroatoms. The summed E-state index contributed by atoms with van der Waals surface area (Å²) in [5, 5.41) is 0. The summed E-state index contributed by atoms with van der Waals surface area (Å²) in [6.45, 7) is 0. The molecular formula is C10H8BrNO2S. The van der Waals surface area contributed by atoms with E-state index in [0.29, 0.717) is 17.2 Å². The zero-order chi connectivity index (χ0) is 10.8. The van der Waals surface area contributed by atoms with Gasteiger partial charge >= 0.3 is 0 Å². The summed E-state index contributed by atoms with van der Waals surface area (Å²) in [5.74, 6) is 0.437. The number of thioether (sulfide) groups is 1. The molecule has 1 aromatic rings. The summed E-state index contributed by atoms with van der Waals surface area (Å²) in [4.78, 5) is 24.5. The molecule has 1 saturated heterocycles. The van der Waals surface area contributed by atoms with E-state index in [9.17, 15) is 9.59 Å². The van der Waals surface area contributed by atoms with Crippen LogP contribution >= 0.6 is 27.7 Å². The first-order valence-electron chi connectivity index (χ1n) is 4.38. The number of carbonyl (C=O) groups is 2. The number of hydrogen-bond donors (Lipinski definition) is 0. The van der Waals surface area contributed by atoms with Gasteiger partial charge in [0.2, 0.25) is 11.8 Å². The molecule has 2 amide bonds. The molecule has 3 nitrogen and oxygen atoms in total. The monoisotopic (exact) mass is 285 g/mol. The van der Waals surface area contributed by atoms with Crippen LogP contribution in [-0.4, -0.2) is 23.3 Å². The maximum atomic E-state index is 11.6. The number of anilines is 1. The van der Waals surface area contributed by atoms with Crippen LogP contribution in [0, 0.1) is 0 Å². The van der Waals surface area contributed by atoms with Crippen molar-refractivity contribution in [2.45, 2.75) is 0 Å². The van der Waals surface area contributed by atoms with E-state index in [4.69, 9.17) is 0 Å². The molecule has 1 aliphatic rings. The quantitative estimate of drug-likeness (QED) is 0.742. The van der Waals surface area contributed by atoms with Crippen molar-refractivity contribution < 1.29 is 9.59 Å². The standard InChI is InChI=1S/C10H8BrNO2S/c11-7-3-1-2-4-8(7)12-9(13)5-15-6-10(12)14/h1-4H,5-6H2. The van der Waals surface area contributed by atoms with Crippen molar-refractivity contribution in [1.82, 2.24) is 0 Å². The molecule has 0 N–H and O–H groups in total. The number of para-hydroxylation sites is 1. The van der Waals surface area contributed by atoms with Crippen LogP contribution in [-0.2, 0) is 9.59 Å². The lowest BCUT2D eigenvalue weighted by atomic mass is 10.3. The van der Waals surface area contributed by atoms with Crippen molar-refractivity contribution in [3.05, 3.63) is 28.7 Å². The van der Waals surface area contributed by atoms with Crippen LogP contribution in [0.4, 0.5) is 5.69 Å². The third-order valence-corrected chi connectivity index (χ3v) is 3.62. The predicted octanol–water partition coefficient (Wildman–Crippen LogP) is 2.06. The van der Waals surface area contributed by atoms with Gasteiger partial charge in [-0.1, -0.05) is 12.1 Å². The molecule has 2 rings (SSSR count). The van der Waals surface area contributed by atoms with Gasteiger partial charge in [0.1, 0.15) is 0 Å². The Morgan fingerprint density at radius 3 is 2.33 bits per heavy atom. The minimum absolute atomic E-state index is 0.150. The molecule has 0 unspecified atom stereocenters. The van der Waals surface area contributed by atoms with Crippen molar-refractivity contribution in [3.63, 3.8) is 0 Å². The van der Waals surface area contributed by atoms with Crippen LogP contribution in [0.25, 0.3) is 0 Å². The Morgan fingerprint density at radius 2 is 1.73 bits per heavy atom. The summed E-state index contributed by atoms with van der Waals surface area (Å²) in [7, 11) is 0. The number of nitrogens with zero attached hydrogens (tertiary/aromatic N) is 1. The van der Waals surface area contributed by atoms with E-state index in [1.54, 1.807) is 6.07 Å². The number of benzene rings is 1.